The number of rotatable bonds is 7. The highest BCUT2D eigenvalue weighted by molar-refractivity contribution is 7.91. The molecule has 4 rings (SSSR count). The summed E-state index contributed by atoms with van der Waals surface area (Å²) in [4.78, 5) is 25.8. The minimum Gasteiger partial charge on any atom is -0.386 e. The summed E-state index contributed by atoms with van der Waals surface area (Å²) in [5.41, 5.74) is -0.457. The van der Waals surface area contributed by atoms with Crippen molar-refractivity contribution in [2.75, 3.05) is 44.2 Å². The average molecular weight is 523 g/mol. The number of aromatic nitrogens is 2. The Morgan fingerprint density at radius 1 is 1.23 bits per heavy atom. The van der Waals surface area contributed by atoms with Crippen molar-refractivity contribution in [2.45, 2.75) is 49.6 Å². The molecule has 0 saturated carbocycles. The van der Waals surface area contributed by atoms with Crippen LogP contribution in [0.15, 0.2) is 34.1 Å². The molecule has 1 amide bonds. The highest BCUT2D eigenvalue weighted by Crippen LogP contribution is 2.27. The molecule has 2 saturated heterocycles. The van der Waals surface area contributed by atoms with Crippen LogP contribution in [0.3, 0.4) is 0 Å². The minimum absolute atomic E-state index is 0.00227. The van der Waals surface area contributed by atoms with Crippen LogP contribution < -0.4 is 10.2 Å². The lowest BCUT2D eigenvalue weighted by molar-refractivity contribution is -0.130. The van der Waals surface area contributed by atoms with Gasteiger partial charge in [-0.25, -0.2) is 18.4 Å². The molecule has 12 heteroatoms. The van der Waals surface area contributed by atoms with E-state index in [0.717, 1.165) is 0 Å². The van der Waals surface area contributed by atoms with E-state index >= 15 is 0 Å². The average Bonchev–Trinajstić information content (AvgIpc) is 3.34. The van der Waals surface area contributed by atoms with Crippen LogP contribution in [0, 0.1) is 5.92 Å². The molecule has 0 aliphatic carbocycles. The smallest absolute Gasteiger partial charge is 0.252 e. The van der Waals surface area contributed by atoms with Crippen LogP contribution in [0.4, 0.5) is 5.95 Å². The van der Waals surface area contributed by atoms with Gasteiger partial charge < -0.3 is 15.3 Å². The normalized spacial score (nSPS) is 23.0. The van der Waals surface area contributed by atoms with Crippen molar-refractivity contribution in [3.8, 4) is 0 Å². The summed E-state index contributed by atoms with van der Waals surface area (Å²) in [6, 6.07) is 2.83. The van der Waals surface area contributed by atoms with E-state index < -0.39 is 15.6 Å². The Morgan fingerprint density at radius 2 is 1.94 bits per heavy atom. The number of carbonyl (C=O) groups excluding carboxylic acids is 1. The van der Waals surface area contributed by atoms with E-state index in [1.807, 2.05) is 18.7 Å². The van der Waals surface area contributed by atoms with Gasteiger partial charge in [0, 0.05) is 57.2 Å². The Morgan fingerprint density at radius 3 is 2.54 bits per heavy atom. The maximum Gasteiger partial charge on any atom is 0.252 e. The van der Waals surface area contributed by atoms with Gasteiger partial charge in [-0.2, -0.15) is 4.31 Å². The van der Waals surface area contributed by atoms with E-state index in [1.165, 1.54) is 15.6 Å². The lowest BCUT2D eigenvalue weighted by Gasteiger charge is -2.45. The minimum atomic E-state index is -3.61. The maximum atomic E-state index is 13.3. The van der Waals surface area contributed by atoms with Crippen molar-refractivity contribution in [2.24, 2.45) is 5.92 Å². The van der Waals surface area contributed by atoms with E-state index in [0.29, 0.717) is 48.4 Å². The molecule has 0 radical (unpaired) electrons. The molecular formula is C23H34N6O4S2. The molecule has 2 aromatic rings. The topological polar surface area (TPSA) is 119 Å². The Balaban J connectivity index is 1.63. The number of hydrogen-bond acceptors (Lipinski definition) is 9. The predicted octanol–water partition coefficient (Wildman–Crippen LogP) is 1.10. The van der Waals surface area contributed by atoms with Gasteiger partial charge in [0.2, 0.25) is 11.9 Å². The summed E-state index contributed by atoms with van der Waals surface area (Å²) in [5.74, 6) is 0.599. The Bertz CT molecular complexity index is 1120. The maximum absolute atomic E-state index is 13.3. The van der Waals surface area contributed by atoms with Crippen molar-refractivity contribution >= 4 is 33.2 Å². The number of piperazine rings is 2. The molecule has 4 heterocycles. The number of thiophene rings is 1. The zero-order valence-corrected chi connectivity index (χ0v) is 22.2. The fourth-order valence-electron chi connectivity index (χ4n) is 4.72. The molecule has 0 spiro atoms. The summed E-state index contributed by atoms with van der Waals surface area (Å²) in [7, 11) is -3.61. The fourth-order valence-corrected chi connectivity index (χ4v) is 7.33. The van der Waals surface area contributed by atoms with Gasteiger partial charge in [0.05, 0.1) is 17.7 Å². The van der Waals surface area contributed by atoms with Crippen LogP contribution in [-0.4, -0.2) is 90.0 Å². The number of aliphatic hydroxyl groups is 1. The molecule has 0 aromatic carbocycles. The van der Waals surface area contributed by atoms with E-state index in [1.54, 1.807) is 43.8 Å². The van der Waals surface area contributed by atoms with Gasteiger partial charge in [0.1, 0.15) is 4.21 Å². The molecule has 2 fully saturated rings. The molecule has 2 aliphatic heterocycles. The van der Waals surface area contributed by atoms with Gasteiger partial charge in [0.25, 0.3) is 10.0 Å². The van der Waals surface area contributed by atoms with E-state index in [4.69, 9.17) is 0 Å². The Kier molecular flexibility index (Phi) is 7.49. The summed E-state index contributed by atoms with van der Waals surface area (Å²) < 4.78 is 28.4. The zero-order valence-electron chi connectivity index (χ0n) is 20.6. The highest BCUT2D eigenvalue weighted by Gasteiger charge is 2.40. The Labute approximate surface area is 211 Å². The molecule has 10 nitrogen and oxygen atoms in total. The van der Waals surface area contributed by atoms with E-state index in [-0.39, 0.29) is 30.5 Å². The number of nitrogens with one attached hydrogen (secondary N) is 1. The first kappa shape index (κ1) is 26.0. The molecule has 192 valence electrons. The van der Waals surface area contributed by atoms with Gasteiger partial charge in [0.15, 0.2) is 0 Å². The number of hydrogen-bond donors (Lipinski definition) is 2. The molecule has 2 aromatic heterocycles. The number of amides is 1. The van der Waals surface area contributed by atoms with Crippen LogP contribution in [-0.2, 0) is 20.4 Å². The van der Waals surface area contributed by atoms with Crippen molar-refractivity contribution < 1.29 is 18.3 Å². The van der Waals surface area contributed by atoms with Gasteiger partial charge >= 0.3 is 0 Å². The third-order valence-corrected chi connectivity index (χ3v) is 9.81. The van der Waals surface area contributed by atoms with E-state index in [2.05, 4.69) is 20.2 Å². The fraction of sp³-hybridized carbons (Fsp3) is 0.609. The summed E-state index contributed by atoms with van der Waals surface area (Å²) in [6.45, 7) is 10.1. The second-order valence-electron chi connectivity index (χ2n) is 9.95. The molecule has 2 N–H and O–H groups in total. The summed E-state index contributed by atoms with van der Waals surface area (Å²) in [5, 5.41) is 15.0. The highest BCUT2D eigenvalue weighted by atomic mass is 32.2. The SMILES string of the molecule is CC(C)[C@H]1C(=O)NCCN1C[C@H]1CN(S(=O)(=O)c2cccs2)CCN1c1ncc(C(C)(C)O)cn1. The van der Waals surface area contributed by atoms with Crippen molar-refractivity contribution in [1.29, 1.82) is 0 Å². The van der Waals surface area contributed by atoms with Gasteiger partial charge in [-0.3, -0.25) is 9.69 Å². The number of anilines is 1. The van der Waals surface area contributed by atoms with E-state index in [9.17, 15) is 18.3 Å². The first-order valence-corrected chi connectivity index (χ1v) is 14.2. The van der Waals surface area contributed by atoms with Crippen molar-refractivity contribution in [3.05, 3.63) is 35.5 Å². The van der Waals surface area contributed by atoms with Crippen LogP contribution in [0.5, 0.6) is 0 Å². The van der Waals surface area contributed by atoms with Crippen LogP contribution in [0.2, 0.25) is 0 Å². The summed E-state index contributed by atoms with van der Waals surface area (Å²) >= 11 is 1.21. The third-order valence-electron chi connectivity index (χ3n) is 6.57. The molecule has 0 unspecified atom stereocenters. The first-order valence-electron chi connectivity index (χ1n) is 11.9. The number of nitrogens with zero attached hydrogens (tertiary/aromatic N) is 5. The lowest BCUT2D eigenvalue weighted by Crippen LogP contribution is -2.64. The summed E-state index contributed by atoms with van der Waals surface area (Å²) in [6.07, 6.45) is 3.22. The second kappa shape index (κ2) is 10.1. The quantitative estimate of drug-likeness (QED) is 0.555. The van der Waals surface area contributed by atoms with Gasteiger partial charge in [-0.05, 0) is 31.2 Å². The molecule has 2 atom stereocenters. The molecule has 2 aliphatic rings. The second-order valence-corrected chi connectivity index (χ2v) is 13.1. The van der Waals surface area contributed by atoms with Gasteiger partial charge in [-0.15, -0.1) is 11.3 Å². The molecule has 0 bridgehead atoms. The lowest BCUT2D eigenvalue weighted by atomic mass is 9.98. The zero-order chi connectivity index (χ0) is 25.4. The first-order chi connectivity index (χ1) is 16.5. The van der Waals surface area contributed by atoms with Crippen LogP contribution in [0.1, 0.15) is 33.3 Å². The standard InChI is InChI=1S/C23H34N6O4S2/c1-16(2)20-21(30)24-7-8-27(20)14-18-15-28(35(32,33)19-6-5-11-34-19)9-10-29(18)22-25-12-17(13-26-22)23(3,4)31/h5-6,11-13,16,18,20,31H,7-10,14-15H2,1-4H3,(H,24,30)/t18-,20-/m0/s1. The largest absolute Gasteiger partial charge is 0.386 e. The molecule has 35 heavy (non-hydrogen) atoms. The van der Waals surface area contributed by atoms with Crippen LogP contribution in [0.25, 0.3) is 0 Å². The van der Waals surface area contributed by atoms with Crippen molar-refractivity contribution in [3.63, 3.8) is 0 Å². The van der Waals surface area contributed by atoms with Gasteiger partial charge in [-0.1, -0.05) is 19.9 Å². The van der Waals surface area contributed by atoms with Crippen LogP contribution >= 0.6 is 11.3 Å². The monoisotopic (exact) mass is 522 g/mol. The van der Waals surface area contributed by atoms with Crippen molar-refractivity contribution in [1.82, 2.24) is 24.5 Å². The molecular weight excluding hydrogens is 488 g/mol. The third kappa shape index (κ3) is 5.51. The number of sulfonamides is 1. The number of carbonyl (C=O) groups is 1. The predicted molar refractivity (Wildman–Crippen MR) is 135 cm³/mol. The Hall–Kier alpha value is -2.12.